The zero-order valence-corrected chi connectivity index (χ0v) is 26.9. The lowest BCUT2D eigenvalue weighted by molar-refractivity contribution is -0.156. The maximum atomic E-state index is 13.8. The Balaban J connectivity index is 1.07. The standard InChI is InChI=1S/C35H39ClN6O4/c1-34(2)22-41(19-18-35(34,45)27-14-16-28(36)17-15-27)33(44)29-12-7-13-30(29)37-32(43)26-11-6-10-25(20-26)31-38-40-42(39-31)23-46-21-24-8-4-3-5-9-24/h3-6,8-11,14-17,20,29-30,45H,7,12-13,18-19,21-23H2,1-2H3,(H,37,43)/t29-,30+,35-/m0/s1. The molecule has 1 saturated heterocycles. The van der Waals surface area contributed by atoms with E-state index in [0.29, 0.717) is 54.5 Å². The summed E-state index contributed by atoms with van der Waals surface area (Å²) in [6, 6.07) is 23.9. The molecule has 0 radical (unpaired) electrons. The Bertz CT molecular complexity index is 1680. The van der Waals surface area contributed by atoms with Gasteiger partial charge in [0.25, 0.3) is 5.91 Å². The molecule has 1 aliphatic heterocycles. The van der Waals surface area contributed by atoms with Crippen LogP contribution in [-0.2, 0) is 28.5 Å². The van der Waals surface area contributed by atoms with Crippen LogP contribution in [0, 0.1) is 11.3 Å². The quantitative estimate of drug-likeness (QED) is 0.257. The van der Waals surface area contributed by atoms with Crippen molar-refractivity contribution < 1.29 is 19.4 Å². The number of nitrogens with one attached hydrogen (secondary N) is 1. The molecule has 2 heterocycles. The molecule has 1 aliphatic carbocycles. The highest BCUT2D eigenvalue weighted by molar-refractivity contribution is 6.30. The molecular formula is C35H39ClN6O4. The fourth-order valence-electron chi connectivity index (χ4n) is 6.72. The van der Waals surface area contributed by atoms with Crippen LogP contribution in [0.1, 0.15) is 61.0 Å². The van der Waals surface area contributed by atoms with Crippen molar-refractivity contribution in [2.75, 3.05) is 13.1 Å². The molecule has 1 saturated carbocycles. The van der Waals surface area contributed by atoms with Gasteiger partial charge in [-0.1, -0.05) is 86.5 Å². The second-order valence-electron chi connectivity index (χ2n) is 12.9. The first-order chi connectivity index (χ1) is 22.1. The van der Waals surface area contributed by atoms with Gasteiger partial charge in [-0.2, -0.15) is 0 Å². The van der Waals surface area contributed by atoms with E-state index in [1.807, 2.05) is 67.3 Å². The first-order valence-electron chi connectivity index (χ1n) is 15.7. The van der Waals surface area contributed by atoms with Gasteiger partial charge in [-0.25, -0.2) is 0 Å². The number of nitrogens with zero attached hydrogens (tertiary/aromatic N) is 5. The number of ether oxygens (including phenoxy) is 1. The van der Waals surface area contributed by atoms with Crippen molar-refractivity contribution in [3.63, 3.8) is 0 Å². The minimum absolute atomic E-state index is 0.0260. The molecule has 46 heavy (non-hydrogen) atoms. The Labute approximate surface area is 273 Å². The van der Waals surface area contributed by atoms with Gasteiger partial charge in [0, 0.05) is 40.7 Å². The van der Waals surface area contributed by atoms with Crippen molar-refractivity contribution in [1.29, 1.82) is 0 Å². The number of piperidine rings is 1. The number of benzene rings is 3. The second-order valence-corrected chi connectivity index (χ2v) is 13.3. The molecule has 3 aromatic carbocycles. The molecule has 2 aliphatic rings. The number of likely N-dealkylation sites (tertiary alicyclic amines) is 1. The highest BCUT2D eigenvalue weighted by atomic mass is 35.5. The third kappa shape index (κ3) is 6.70. The molecule has 1 aromatic heterocycles. The summed E-state index contributed by atoms with van der Waals surface area (Å²) in [5.74, 6) is -0.153. The van der Waals surface area contributed by atoms with Crippen LogP contribution in [-0.4, -0.2) is 61.2 Å². The molecule has 3 atom stereocenters. The van der Waals surface area contributed by atoms with E-state index in [0.717, 1.165) is 24.0 Å². The number of halogens is 1. The first kappa shape index (κ1) is 31.8. The maximum Gasteiger partial charge on any atom is 0.251 e. The fraction of sp³-hybridized carbons (Fsp3) is 0.400. The van der Waals surface area contributed by atoms with Crippen molar-refractivity contribution in [2.45, 2.75) is 64.5 Å². The van der Waals surface area contributed by atoms with Gasteiger partial charge >= 0.3 is 0 Å². The third-order valence-corrected chi connectivity index (χ3v) is 9.64. The molecule has 0 spiro atoms. The van der Waals surface area contributed by atoms with Crippen LogP contribution in [0.15, 0.2) is 78.9 Å². The second kappa shape index (κ2) is 13.3. The highest BCUT2D eigenvalue weighted by Crippen LogP contribution is 2.46. The summed E-state index contributed by atoms with van der Waals surface area (Å²) in [6.45, 7) is 5.41. The molecular weight excluding hydrogens is 604 g/mol. The predicted octanol–water partition coefficient (Wildman–Crippen LogP) is 5.21. The summed E-state index contributed by atoms with van der Waals surface area (Å²) in [7, 11) is 0. The van der Waals surface area contributed by atoms with Gasteiger partial charge in [0.1, 0.15) is 0 Å². The van der Waals surface area contributed by atoms with E-state index >= 15 is 0 Å². The molecule has 2 amide bonds. The maximum absolute atomic E-state index is 13.8. The first-order valence-corrected chi connectivity index (χ1v) is 16.1. The molecule has 4 aromatic rings. The van der Waals surface area contributed by atoms with Crippen molar-refractivity contribution in [1.82, 2.24) is 30.4 Å². The minimum atomic E-state index is -1.09. The van der Waals surface area contributed by atoms with E-state index < -0.39 is 11.0 Å². The van der Waals surface area contributed by atoms with Crippen LogP contribution in [0.2, 0.25) is 5.02 Å². The van der Waals surface area contributed by atoms with Crippen LogP contribution >= 0.6 is 11.6 Å². The van der Waals surface area contributed by atoms with Gasteiger partial charge in [-0.15, -0.1) is 15.0 Å². The van der Waals surface area contributed by atoms with Gasteiger partial charge in [0.2, 0.25) is 11.7 Å². The van der Waals surface area contributed by atoms with E-state index in [-0.39, 0.29) is 30.5 Å². The highest BCUT2D eigenvalue weighted by Gasteiger charge is 2.51. The van der Waals surface area contributed by atoms with Crippen molar-refractivity contribution in [3.05, 3.63) is 101 Å². The average molecular weight is 643 g/mol. The number of carbonyl (C=O) groups is 2. The lowest BCUT2D eigenvalue weighted by Gasteiger charge is -2.51. The van der Waals surface area contributed by atoms with Gasteiger partial charge in [0.15, 0.2) is 6.73 Å². The molecule has 2 fully saturated rings. The van der Waals surface area contributed by atoms with Gasteiger partial charge in [0.05, 0.1) is 18.1 Å². The Morgan fingerprint density at radius 1 is 1.04 bits per heavy atom. The summed E-state index contributed by atoms with van der Waals surface area (Å²) in [6.07, 6.45) is 2.71. The number of rotatable bonds is 9. The largest absolute Gasteiger partial charge is 0.384 e. The Morgan fingerprint density at radius 3 is 2.59 bits per heavy atom. The zero-order chi connectivity index (χ0) is 32.3. The van der Waals surface area contributed by atoms with E-state index in [4.69, 9.17) is 16.3 Å². The van der Waals surface area contributed by atoms with Crippen LogP contribution in [0.25, 0.3) is 11.4 Å². The summed E-state index contributed by atoms with van der Waals surface area (Å²) in [4.78, 5) is 30.5. The molecule has 2 N–H and O–H groups in total. The number of hydrogen-bond donors (Lipinski definition) is 2. The Kier molecular flexibility index (Phi) is 9.22. The summed E-state index contributed by atoms with van der Waals surface area (Å²) in [5.41, 5.74) is 1.29. The minimum Gasteiger partial charge on any atom is -0.384 e. The van der Waals surface area contributed by atoms with Gasteiger partial charge in [-0.05, 0) is 59.9 Å². The van der Waals surface area contributed by atoms with Crippen LogP contribution < -0.4 is 5.32 Å². The molecule has 0 unspecified atom stereocenters. The van der Waals surface area contributed by atoms with Crippen LogP contribution in [0.3, 0.4) is 0 Å². The topological polar surface area (TPSA) is 122 Å². The Morgan fingerprint density at radius 2 is 1.83 bits per heavy atom. The van der Waals surface area contributed by atoms with Gasteiger partial charge < -0.3 is 20.1 Å². The molecule has 0 bridgehead atoms. The smallest absolute Gasteiger partial charge is 0.251 e. The summed E-state index contributed by atoms with van der Waals surface area (Å²) in [5, 5.41) is 28.1. The van der Waals surface area contributed by atoms with E-state index in [1.165, 1.54) is 4.80 Å². The lowest BCUT2D eigenvalue weighted by Crippen LogP contribution is -2.58. The summed E-state index contributed by atoms with van der Waals surface area (Å²) >= 11 is 6.08. The monoisotopic (exact) mass is 642 g/mol. The van der Waals surface area contributed by atoms with Crippen molar-refractivity contribution in [3.8, 4) is 11.4 Å². The zero-order valence-electron chi connectivity index (χ0n) is 26.1. The van der Waals surface area contributed by atoms with E-state index in [2.05, 4.69) is 20.7 Å². The third-order valence-electron chi connectivity index (χ3n) is 9.39. The number of hydrogen-bond acceptors (Lipinski definition) is 7. The van der Waals surface area contributed by atoms with Crippen molar-refractivity contribution in [2.24, 2.45) is 11.3 Å². The Hall–Kier alpha value is -4.12. The van der Waals surface area contributed by atoms with Crippen LogP contribution in [0.4, 0.5) is 0 Å². The molecule has 10 nitrogen and oxygen atoms in total. The molecule has 11 heteroatoms. The van der Waals surface area contributed by atoms with E-state index in [9.17, 15) is 14.7 Å². The van der Waals surface area contributed by atoms with Crippen LogP contribution in [0.5, 0.6) is 0 Å². The SMILES string of the molecule is CC1(C)CN(C(=O)[C@H]2CCC[C@H]2NC(=O)c2cccc(-c3nnn(COCc4ccccc4)n3)c2)CC[C@]1(O)c1ccc(Cl)cc1. The molecule has 240 valence electrons. The average Bonchev–Trinajstić information content (AvgIpc) is 3.73. The number of amides is 2. The van der Waals surface area contributed by atoms with E-state index in [1.54, 1.807) is 30.3 Å². The van der Waals surface area contributed by atoms with Gasteiger partial charge in [-0.3, -0.25) is 9.59 Å². The number of aliphatic hydroxyl groups is 1. The molecule has 6 rings (SSSR count). The predicted molar refractivity (Wildman–Crippen MR) is 173 cm³/mol. The number of carbonyl (C=O) groups excluding carboxylic acids is 2. The van der Waals surface area contributed by atoms with Crippen molar-refractivity contribution >= 4 is 23.4 Å². The normalized spacial score (nSPS) is 22.5. The lowest BCUT2D eigenvalue weighted by atomic mass is 9.66. The number of tetrazole rings is 1. The number of aromatic nitrogens is 4. The fourth-order valence-corrected chi connectivity index (χ4v) is 6.84. The summed E-state index contributed by atoms with van der Waals surface area (Å²) < 4.78 is 5.70.